The number of hydrogen-bond acceptors (Lipinski definition) is 8. The van der Waals surface area contributed by atoms with E-state index < -0.39 is 33.5 Å². The van der Waals surface area contributed by atoms with Gasteiger partial charge in [-0.1, -0.05) is 36.4 Å². The van der Waals surface area contributed by atoms with Crippen molar-refractivity contribution in [2.75, 3.05) is 4.90 Å². The van der Waals surface area contributed by atoms with Crippen LogP contribution in [0.5, 0.6) is 0 Å². The molecule has 1 atom stereocenters. The van der Waals surface area contributed by atoms with Crippen molar-refractivity contribution in [1.82, 2.24) is 4.98 Å². The van der Waals surface area contributed by atoms with Gasteiger partial charge in [-0.15, -0.1) is 22.7 Å². The Balaban J connectivity index is 1.59. The quantitative estimate of drug-likeness (QED) is 0.346. The largest absolute Gasteiger partial charge is 0.503 e. The second kappa shape index (κ2) is 9.10. The number of ketones is 1. The fourth-order valence-corrected chi connectivity index (χ4v) is 6.41. The zero-order valence-electron chi connectivity index (χ0n) is 18.8. The van der Waals surface area contributed by atoms with Crippen LogP contribution >= 0.6 is 22.7 Å². The fraction of sp³-hybridized carbons (Fsp3) is 0.0800. The van der Waals surface area contributed by atoms with Crippen molar-refractivity contribution >= 4 is 50.1 Å². The summed E-state index contributed by atoms with van der Waals surface area (Å²) in [5.41, 5.74) is 1.62. The second-order valence-electron chi connectivity index (χ2n) is 8.02. The van der Waals surface area contributed by atoms with Crippen molar-refractivity contribution in [3.8, 4) is 10.6 Å². The summed E-state index contributed by atoms with van der Waals surface area (Å²) < 4.78 is 23.3. The van der Waals surface area contributed by atoms with Crippen molar-refractivity contribution < 1.29 is 23.1 Å². The van der Waals surface area contributed by atoms with Gasteiger partial charge in [0.1, 0.15) is 11.0 Å². The first-order chi connectivity index (χ1) is 17.2. The molecule has 0 aliphatic carbocycles. The van der Waals surface area contributed by atoms with Crippen LogP contribution in [0.25, 0.3) is 10.6 Å². The third kappa shape index (κ3) is 4.16. The molecule has 5 rings (SSSR count). The van der Waals surface area contributed by atoms with Gasteiger partial charge in [0, 0.05) is 16.1 Å². The lowest BCUT2D eigenvalue weighted by atomic mass is 10.00. The molecule has 0 saturated heterocycles. The van der Waals surface area contributed by atoms with Crippen LogP contribution in [-0.4, -0.2) is 30.2 Å². The Bertz CT molecular complexity index is 1610. The molecule has 0 radical (unpaired) electrons. The first-order valence-corrected chi connectivity index (χ1v) is 13.9. The van der Waals surface area contributed by atoms with Gasteiger partial charge in [-0.2, -0.15) is 0 Å². The lowest BCUT2D eigenvalue weighted by Crippen LogP contribution is -2.30. The molecule has 4 aromatic rings. The average molecular weight is 538 g/mol. The van der Waals surface area contributed by atoms with Crippen molar-refractivity contribution in [3.63, 3.8) is 0 Å². The van der Waals surface area contributed by atoms with Crippen LogP contribution in [-0.2, 0) is 14.8 Å². The van der Waals surface area contributed by atoms with Crippen LogP contribution in [0.3, 0.4) is 0 Å². The van der Waals surface area contributed by atoms with E-state index in [1.165, 1.54) is 51.8 Å². The molecule has 8 nitrogen and oxygen atoms in total. The van der Waals surface area contributed by atoms with E-state index in [0.29, 0.717) is 26.1 Å². The van der Waals surface area contributed by atoms with Crippen molar-refractivity contribution in [3.05, 3.63) is 98.9 Å². The number of aromatic nitrogens is 1. The number of nitrogens with zero attached hydrogens (tertiary/aromatic N) is 2. The third-order valence-electron chi connectivity index (χ3n) is 5.73. The number of carbonyl (C=O) groups excluding carboxylic acids is 2. The Morgan fingerprint density at radius 2 is 1.75 bits per heavy atom. The third-order valence-corrected chi connectivity index (χ3v) is 8.79. The van der Waals surface area contributed by atoms with Crippen LogP contribution in [0, 0.1) is 6.92 Å². The van der Waals surface area contributed by atoms with Gasteiger partial charge < -0.3 is 5.11 Å². The first kappa shape index (κ1) is 24.1. The van der Waals surface area contributed by atoms with Gasteiger partial charge in [0.25, 0.3) is 5.91 Å². The number of rotatable bonds is 6. The molecule has 1 aliphatic heterocycles. The molecule has 1 aliphatic rings. The highest BCUT2D eigenvalue weighted by Gasteiger charge is 2.45. The number of sulfonamides is 1. The minimum atomic E-state index is -3.93. The molecule has 182 valence electrons. The van der Waals surface area contributed by atoms with Crippen molar-refractivity contribution in [2.45, 2.75) is 17.9 Å². The summed E-state index contributed by atoms with van der Waals surface area (Å²) in [6, 6.07) is 17.5. The van der Waals surface area contributed by atoms with E-state index in [2.05, 4.69) is 4.98 Å². The van der Waals surface area contributed by atoms with Crippen LogP contribution in [0.4, 0.5) is 5.69 Å². The van der Waals surface area contributed by atoms with E-state index in [0.717, 1.165) is 5.56 Å². The van der Waals surface area contributed by atoms with Crippen molar-refractivity contribution in [2.24, 2.45) is 5.14 Å². The number of benzene rings is 2. The summed E-state index contributed by atoms with van der Waals surface area (Å²) in [6.07, 6.45) is 0. The standard InChI is InChI=1S/C25H19N3O5S3/c1-14-23(35-24(27-14)15-6-3-2-4-7-15)21(29)19-20(18-8-5-13-34-18)28(25(31)22(19)30)16-9-11-17(12-10-16)36(26,32)33/h2-13,20,30H,1H3,(H2,26,32,33). The van der Waals surface area contributed by atoms with Gasteiger partial charge >= 0.3 is 0 Å². The maximum Gasteiger partial charge on any atom is 0.294 e. The molecule has 11 heteroatoms. The van der Waals surface area contributed by atoms with Gasteiger partial charge in [-0.3, -0.25) is 14.5 Å². The highest BCUT2D eigenvalue weighted by molar-refractivity contribution is 7.89. The molecular formula is C25H19N3O5S3. The van der Waals surface area contributed by atoms with Crippen LogP contribution < -0.4 is 10.0 Å². The Kier molecular flexibility index (Phi) is 6.08. The van der Waals surface area contributed by atoms with Gasteiger partial charge in [0.15, 0.2) is 5.76 Å². The molecule has 0 fully saturated rings. The van der Waals surface area contributed by atoms with E-state index >= 15 is 0 Å². The normalized spacial score (nSPS) is 16.1. The van der Waals surface area contributed by atoms with E-state index in [9.17, 15) is 23.1 Å². The second-order valence-corrected chi connectivity index (χ2v) is 11.6. The number of primary sulfonamides is 1. The summed E-state index contributed by atoms with van der Waals surface area (Å²) in [5.74, 6) is -1.89. The fourth-order valence-electron chi connectivity index (χ4n) is 4.05. The maximum atomic E-state index is 13.8. The number of nitrogens with two attached hydrogens (primary N) is 1. The molecule has 1 amide bonds. The van der Waals surface area contributed by atoms with E-state index in [1.54, 1.807) is 19.1 Å². The highest BCUT2D eigenvalue weighted by Crippen LogP contribution is 2.44. The van der Waals surface area contributed by atoms with E-state index in [4.69, 9.17) is 5.14 Å². The molecule has 0 saturated carbocycles. The van der Waals surface area contributed by atoms with Crippen LogP contribution in [0.15, 0.2) is 88.3 Å². The molecule has 0 spiro atoms. The number of anilines is 1. The predicted molar refractivity (Wildman–Crippen MR) is 139 cm³/mol. The summed E-state index contributed by atoms with van der Waals surface area (Å²) in [7, 11) is -3.93. The number of amides is 1. The maximum absolute atomic E-state index is 13.8. The minimum absolute atomic E-state index is 0.0515. The molecule has 36 heavy (non-hydrogen) atoms. The van der Waals surface area contributed by atoms with Crippen LogP contribution in [0.1, 0.15) is 26.3 Å². The lowest BCUT2D eigenvalue weighted by molar-refractivity contribution is -0.117. The highest BCUT2D eigenvalue weighted by atomic mass is 32.2. The Morgan fingerprint density at radius 3 is 2.36 bits per heavy atom. The van der Waals surface area contributed by atoms with Gasteiger partial charge in [0.05, 0.1) is 21.0 Å². The predicted octanol–water partition coefficient (Wildman–Crippen LogP) is 4.61. The van der Waals surface area contributed by atoms with Gasteiger partial charge in [0.2, 0.25) is 15.8 Å². The molecule has 3 heterocycles. The number of hydrogen-bond donors (Lipinski definition) is 2. The molecule has 1 unspecified atom stereocenters. The smallest absolute Gasteiger partial charge is 0.294 e. The number of aliphatic hydroxyl groups is 1. The number of thiophene rings is 1. The SMILES string of the molecule is Cc1nc(-c2ccccc2)sc1C(=O)C1=C(O)C(=O)N(c2ccc(S(N)(=O)=O)cc2)C1c1cccs1. The van der Waals surface area contributed by atoms with Crippen LogP contribution in [0.2, 0.25) is 0 Å². The topological polar surface area (TPSA) is 131 Å². The minimum Gasteiger partial charge on any atom is -0.503 e. The Hall–Kier alpha value is -3.64. The number of carbonyl (C=O) groups is 2. The Labute approximate surface area is 215 Å². The van der Waals surface area contributed by atoms with E-state index in [-0.39, 0.29) is 10.5 Å². The lowest BCUT2D eigenvalue weighted by Gasteiger charge is -2.25. The van der Waals surface area contributed by atoms with Gasteiger partial charge in [-0.25, -0.2) is 18.5 Å². The zero-order valence-corrected chi connectivity index (χ0v) is 21.2. The average Bonchev–Trinajstić information content (AvgIpc) is 3.58. The molecule has 0 bridgehead atoms. The van der Waals surface area contributed by atoms with Crippen molar-refractivity contribution in [1.29, 1.82) is 0 Å². The molecule has 2 aromatic heterocycles. The number of thiazole rings is 1. The molecule has 3 N–H and O–H groups in total. The zero-order chi connectivity index (χ0) is 25.6. The monoisotopic (exact) mass is 537 g/mol. The Morgan fingerprint density at radius 1 is 1.06 bits per heavy atom. The van der Waals surface area contributed by atoms with Gasteiger partial charge in [-0.05, 0) is 42.6 Å². The first-order valence-electron chi connectivity index (χ1n) is 10.7. The molecular weight excluding hydrogens is 518 g/mol. The number of Topliss-reactive ketones (excluding diaryl/α,β-unsaturated/α-hetero) is 1. The number of aryl methyl sites for hydroxylation is 1. The summed E-state index contributed by atoms with van der Waals surface area (Å²) in [4.78, 5) is 33.8. The summed E-state index contributed by atoms with van der Waals surface area (Å²) >= 11 is 2.53. The van der Waals surface area contributed by atoms with E-state index in [1.807, 2.05) is 35.7 Å². The summed E-state index contributed by atoms with van der Waals surface area (Å²) in [6.45, 7) is 1.72. The molecule has 2 aromatic carbocycles. The summed E-state index contributed by atoms with van der Waals surface area (Å²) in [5, 5.41) is 18.6. The number of aliphatic hydroxyl groups excluding tert-OH is 1.